The lowest BCUT2D eigenvalue weighted by atomic mass is 10.00. The summed E-state index contributed by atoms with van der Waals surface area (Å²) in [6, 6.07) is -0.238. The lowest BCUT2D eigenvalue weighted by Crippen LogP contribution is -2.54. The average molecular weight is 200 g/mol. The standard InChI is InChI=1S/C10H20N2O2/c1-10(2,3)12-9(14)8-6-7(13)4-5-11-8/h7-8,11,13H,4-6H2,1-3H3,(H,12,14)/t7-,8+/m1/s1. The van der Waals surface area contributed by atoms with Gasteiger partial charge in [0, 0.05) is 5.54 Å². The van der Waals surface area contributed by atoms with Crippen molar-refractivity contribution in [1.29, 1.82) is 0 Å². The number of carbonyl (C=O) groups is 1. The molecule has 0 bridgehead atoms. The van der Waals surface area contributed by atoms with Gasteiger partial charge in [-0.1, -0.05) is 0 Å². The Kier molecular flexibility index (Phi) is 3.50. The second-order valence-corrected chi connectivity index (χ2v) is 4.92. The highest BCUT2D eigenvalue weighted by atomic mass is 16.3. The molecule has 1 rings (SSSR count). The second-order valence-electron chi connectivity index (χ2n) is 4.92. The van der Waals surface area contributed by atoms with E-state index in [2.05, 4.69) is 10.6 Å². The zero-order valence-corrected chi connectivity index (χ0v) is 9.13. The molecule has 14 heavy (non-hydrogen) atoms. The van der Waals surface area contributed by atoms with Crippen molar-refractivity contribution in [2.45, 2.75) is 51.3 Å². The molecular weight excluding hydrogens is 180 g/mol. The maximum atomic E-state index is 11.7. The fourth-order valence-corrected chi connectivity index (χ4v) is 1.55. The predicted octanol–water partition coefficient (Wildman–Crippen LogP) is 0.0140. The van der Waals surface area contributed by atoms with Crippen molar-refractivity contribution in [2.75, 3.05) is 6.54 Å². The highest BCUT2D eigenvalue weighted by Gasteiger charge is 2.27. The first-order chi connectivity index (χ1) is 6.38. The molecule has 82 valence electrons. The molecule has 1 fully saturated rings. The Balaban J connectivity index is 2.44. The third-order valence-electron chi connectivity index (χ3n) is 2.19. The summed E-state index contributed by atoms with van der Waals surface area (Å²) in [5, 5.41) is 15.4. The Morgan fingerprint density at radius 1 is 1.50 bits per heavy atom. The Hall–Kier alpha value is -0.610. The number of nitrogens with one attached hydrogen (secondary N) is 2. The minimum absolute atomic E-state index is 0.0174. The van der Waals surface area contributed by atoms with Crippen LogP contribution in [0.25, 0.3) is 0 Å². The van der Waals surface area contributed by atoms with Crippen LogP contribution in [-0.4, -0.2) is 35.2 Å². The van der Waals surface area contributed by atoms with Gasteiger partial charge in [0.15, 0.2) is 0 Å². The molecule has 0 radical (unpaired) electrons. The van der Waals surface area contributed by atoms with Gasteiger partial charge in [0.25, 0.3) is 0 Å². The third-order valence-corrected chi connectivity index (χ3v) is 2.19. The van der Waals surface area contributed by atoms with Crippen LogP contribution in [0.1, 0.15) is 33.6 Å². The Bertz CT molecular complexity index is 211. The Morgan fingerprint density at radius 2 is 2.14 bits per heavy atom. The molecule has 4 heteroatoms. The van der Waals surface area contributed by atoms with Crippen LogP contribution in [0.2, 0.25) is 0 Å². The third kappa shape index (κ3) is 3.64. The molecule has 4 nitrogen and oxygen atoms in total. The molecule has 0 aliphatic carbocycles. The second kappa shape index (κ2) is 4.28. The van der Waals surface area contributed by atoms with Gasteiger partial charge in [-0.2, -0.15) is 0 Å². The van der Waals surface area contributed by atoms with Crippen molar-refractivity contribution in [1.82, 2.24) is 10.6 Å². The zero-order chi connectivity index (χ0) is 10.8. The topological polar surface area (TPSA) is 61.4 Å². The van der Waals surface area contributed by atoms with E-state index in [9.17, 15) is 9.90 Å². The number of hydrogen-bond acceptors (Lipinski definition) is 3. The quantitative estimate of drug-likeness (QED) is 0.559. The van der Waals surface area contributed by atoms with Crippen LogP contribution < -0.4 is 10.6 Å². The number of amides is 1. The van der Waals surface area contributed by atoms with E-state index in [0.29, 0.717) is 13.0 Å². The number of piperidine rings is 1. The number of aliphatic hydroxyl groups is 1. The van der Waals surface area contributed by atoms with Gasteiger partial charge in [0.1, 0.15) is 0 Å². The molecule has 1 heterocycles. The Morgan fingerprint density at radius 3 is 2.64 bits per heavy atom. The first kappa shape index (κ1) is 11.5. The lowest BCUT2D eigenvalue weighted by molar-refractivity contribution is -0.126. The largest absolute Gasteiger partial charge is 0.393 e. The van der Waals surface area contributed by atoms with Crippen molar-refractivity contribution >= 4 is 5.91 Å². The van der Waals surface area contributed by atoms with Crippen molar-refractivity contribution in [3.05, 3.63) is 0 Å². The van der Waals surface area contributed by atoms with Crippen LogP contribution in [0.5, 0.6) is 0 Å². The van der Waals surface area contributed by atoms with E-state index < -0.39 is 0 Å². The van der Waals surface area contributed by atoms with Gasteiger partial charge in [-0.15, -0.1) is 0 Å². The first-order valence-corrected chi connectivity index (χ1v) is 5.12. The SMILES string of the molecule is CC(C)(C)NC(=O)[C@@H]1C[C@H](O)CCN1. The summed E-state index contributed by atoms with van der Waals surface area (Å²) >= 11 is 0. The molecule has 1 saturated heterocycles. The number of hydrogen-bond donors (Lipinski definition) is 3. The smallest absolute Gasteiger partial charge is 0.237 e. The van der Waals surface area contributed by atoms with Crippen molar-refractivity contribution in [3.8, 4) is 0 Å². The van der Waals surface area contributed by atoms with Gasteiger partial charge in [-0.25, -0.2) is 0 Å². The molecular formula is C10H20N2O2. The monoisotopic (exact) mass is 200 g/mol. The molecule has 0 aromatic rings. The molecule has 1 aliphatic heterocycles. The van der Waals surface area contributed by atoms with Crippen LogP contribution in [0.4, 0.5) is 0 Å². The molecule has 0 saturated carbocycles. The summed E-state index contributed by atoms with van der Waals surface area (Å²) in [7, 11) is 0. The molecule has 0 spiro atoms. The van der Waals surface area contributed by atoms with Gasteiger partial charge in [0.2, 0.25) is 5.91 Å². The lowest BCUT2D eigenvalue weighted by Gasteiger charge is -2.29. The molecule has 1 aliphatic rings. The van der Waals surface area contributed by atoms with E-state index in [1.807, 2.05) is 20.8 Å². The molecule has 0 unspecified atom stereocenters. The fourth-order valence-electron chi connectivity index (χ4n) is 1.55. The predicted molar refractivity (Wildman–Crippen MR) is 54.9 cm³/mol. The van der Waals surface area contributed by atoms with Gasteiger partial charge in [-0.3, -0.25) is 4.79 Å². The van der Waals surface area contributed by atoms with Crippen LogP contribution >= 0.6 is 0 Å². The van der Waals surface area contributed by atoms with Gasteiger partial charge >= 0.3 is 0 Å². The van der Waals surface area contributed by atoms with E-state index in [4.69, 9.17) is 0 Å². The van der Waals surface area contributed by atoms with E-state index in [0.717, 1.165) is 6.42 Å². The number of rotatable bonds is 1. The summed E-state index contributed by atoms with van der Waals surface area (Å²) in [6.07, 6.45) is 0.910. The maximum absolute atomic E-state index is 11.7. The van der Waals surface area contributed by atoms with Crippen LogP contribution in [0.3, 0.4) is 0 Å². The van der Waals surface area contributed by atoms with E-state index in [1.165, 1.54) is 0 Å². The summed E-state index contributed by atoms with van der Waals surface area (Å²) in [5.74, 6) is -0.0174. The fraction of sp³-hybridized carbons (Fsp3) is 0.900. The minimum Gasteiger partial charge on any atom is -0.393 e. The normalized spacial score (nSPS) is 28.6. The van der Waals surface area contributed by atoms with Gasteiger partial charge in [0.05, 0.1) is 12.1 Å². The number of aliphatic hydroxyl groups excluding tert-OH is 1. The first-order valence-electron chi connectivity index (χ1n) is 5.12. The van der Waals surface area contributed by atoms with Gasteiger partial charge in [-0.05, 0) is 40.2 Å². The van der Waals surface area contributed by atoms with Crippen molar-refractivity contribution in [3.63, 3.8) is 0 Å². The molecule has 0 aromatic heterocycles. The minimum atomic E-state index is -0.341. The molecule has 1 amide bonds. The zero-order valence-electron chi connectivity index (χ0n) is 9.13. The van der Waals surface area contributed by atoms with Crippen LogP contribution in [0.15, 0.2) is 0 Å². The molecule has 2 atom stereocenters. The van der Waals surface area contributed by atoms with Crippen LogP contribution in [0, 0.1) is 0 Å². The number of carbonyl (C=O) groups excluding carboxylic acids is 1. The van der Waals surface area contributed by atoms with E-state index in [-0.39, 0.29) is 23.6 Å². The molecule has 3 N–H and O–H groups in total. The summed E-state index contributed by atoms with van der Waals surface area (Å²) in [6.45, 7) is 6.56. The van der Waals surface area contributed by atoms with Crippen molar-refractivity contribution < 1.29 is 9.90 Å². The Labute approximate surface area is 85.1 Å². The summed E-state index contributed by atoms with van der Waals surface area (Å²) in [5.41, 5.74) is -0.207. The van der Waals surface area contributed by atoms with Crippen LogP contribution in [-0.2, 0) is 4.79 Å². The van der Waals surface area contributed by atoms with E-state index >= 15 is 0 Å². The highest BCUT2D eigenvalue weighted by Crippen LogP contribution is 2.09. The van der Waals surface area contributed by atoms with Crippen molar-refractivity contribution in [2.24, 2.45) is 0 Å². The average Bonchev–Trinajstić information content (AvgIpc) is 2.01. The van der Waals surface area contributed by atoms with Gasteiger partial charge < -0.3 is 15.7 Å². The maximum Gasteiger partial charge on any atom is 0.237 e. The molecule has 0 aromatic carbocycles. The highest BCUT2D eigenvalue weighted by molar-refractivity contribution is 5.82. The summed E-state index contributed by atoms with van der Waals surface area (Å²) < 4.78 is 0. The van der Waals surface area contributed by atoms with E-state index in [1.54, 1.807) is 0 Å². The summed E-state index contributed by atoms with van der Waals surface area (Å²) in [4.78, 5) is 11.7.